The van der Waals surface area contributed by atoms with E-state index < -0.39 is 11.8 Å². The van der Waals surface area contributed by atoms with Crippen molar-refractivity contribution in [1.82, 2.24) is 4.57 Å². The minimum Gasteiger partial charge on any atom is -0.464 e. The topological polar surface area (TPSA) is 44.4 Å². The highest BCUT2D eigenvalue weighted by Crippen LogP contribution is 2.26. The minimum absolute atomic E-state index is 0.0453. The molecule has 0 saturated carbocycles. The molecule has 0 amide bonds. The SMILES string of the molecule is COC(=O)c1cc2oc(C)cc2n1Cc1ccc(F)c(Cl)c1. The Morgan fingerprint density at radius 2 is 2.14 bits per heavy atom. The van der Waals surface area contributed by atoms with Crippen LogP contribution in [0.15, 0.2) is 34.7 Å². The van der Waals surface area contributed by atoms with Gasteiger partial charge in [0.15, 0.2) is 5.58 Å². The van der Waals surface area contributed by atoms with Gasteiger partial charge in [0.05, 0.1) is 17.6 Å². The van der Waals surface area contributed by atoms with Crippen LogP contribution in [0, 0.1) is 12.7 Å². The van der Waals surface area contributed by atoms with Crippen molar-refractivity contribution in [2.75, 3.05) is 7.11 Å². The molecule has 0 atom stereocenters. The predicted molar refractivity (Wildman–Crippen MR) is 80.8 cm³/mol. The number of aryl methyl sites for hydroxylation is 1. The monoisotopic (exact) mass is 321 g/mol. The molecule has 0 aliphatic heterocycles. The van der Waals surface area contributed by atoms with Gasteiger partial charge in [0, 0.05) is 18.7 Å². The van der Waals surface area contributed by atoms with E-state index in [1.54, 1.807) is 16.7 Å². The zero-order chi connectivity index (χ0) is 15.9. The molecule has 0 spiro atoms. The van der Waals surface area contributed by atoms with Gasteiger partial charge >= 0.3 is 5.97 Å². The molecule has 114 valence electrons. The lowest BCUT2D eigenvalue weighted by atomic mass is 10.2. The normalized spacial score (nSPS) is 11.1. The number of hydrogen-bond acceptors (Lipinski definition) is 3. The van der Waals surface area contributed by atoms with Gasteiger partial charge in [0.2, 0.25) is 0 Å². The zero-order valence-corrected chi connectivity index (χ0v) is 12.8. The second kappa shape index (κ2) is 5.50. The van der Waals surface area contributed by atoms with Crippen LogP contribution in [0.1, 0.15) is 21.8 Å². The molecule has 2 aromatic heterocycles. The average molecular weight is 322 g/mol. The Labute approximate surface area is 131 Å². The van der Waals surface area contributed by atoms with E-state index in [1.807, 2.05) is 13.0 Å². The van der Waals surface area contributed by atoms with Crippen LogP contribution < -0.4 is 0 Å². The third-order valence-electron chi connectivity index (χ3n) is 3.43. The number of hydrogen-bond donors (Lipinski definition) is 0. The molecule has 0 N–H and O–H groups in total. The molecule has 3 aromatic rings. The van der Waals surface area contributed by atoms with Gasteiger partial charge in [-0.2, -0.15) is 0 Å². The molecule has 6 heteroatoms. The first kappa shape index (κ1) is 14.7. The van der Waals surface area contributed by atoms with Crippen molar-refractivity contribution in [3.05, 3.63) is 58.2 Å². The van der Waals surface area contributed by atoms with Crippen molar-refractivity contribution in [2.45, 2.75) is 13.5 Å². The molecule has 3 rings (SSSR count). The smallest absolute Gasteiger partial charge is 0.354 e. The lowest BCUT2D eigenvalue weighted by molar-refractivity contribution is 0.0589. The number of benzene rings is 1. The van der Waals surface area contributed by atoms with Crippen molar-refractivity contribution >= 4 is 28.7 Å². The van der Waals surface area contributed by atoms with E-state index in [9.17, 15) is 9.18 Å². The maximum atomic E-state index is 13.3. The van der Waals surface area contributed by atoms with Crippen LogP contribution in [-0.2, 0) is 11.3 Å². The van der Waals surface area contributed by atoms with Gasteiger partial charge in [-0.1, -0.05) is 17.7 Å². The van der Waals surface area contributed by atoms with Gasteiger partial charge in [0.25, 0.3) is 0 Å². The zero-order valence-electron chi connectivity index (χ0n) is 12.0. The molecule has 0 aliphatic rings. The van der Waals surface area contributed by atoms with E-state index >= 15 is 0 Å². The maximum Gasteiger partial charge on any atom is 0.354 e. The van der Waals surface area contributed by atoms with Gasteiger partial charge in [-0.3, -0.25) is 0 Å². The quantitative estimate of drug-likeness (QED) is 0.680. The van der Waals surface area contributed by atoms with Crippen LogP contribution in [0.5, 0.6) is 0 Å². The van der Waals surface area contributed by atoms with E-state index in [0.717, 1.165) is 16.8 Å². The summed E-state index contributed by atoms with van der Waals surface area (Å²) in [6, 6.07) is 7.95. The second-order valence-corrected chi connectivity index (χ2v) is 5.37. The molecule has 0 radical (unpaired) electrons. The van der Waals surface area contributed by atoms with Crippen LogP contribution in [0.4, 0.5) is 4.39 Å². The van der Waals surface area contributed by atoms with Crippen molar-refractivity contribution in [1.29, 1.82) is 0 Å². The summed E-state index contributed by atoms with van der Waals surface area (Å²) in [5.74, 6) is -0.194. The highest BCUT2D eigenvalue weighted by atomic mass is 35.5. The second-order valence-electron chi connectivity index (χ2n) is 4.96. The number of aromatic nitrogens is 1. The molecule has 0 saturated heterocycles. The fourth-order valence-electron chi connectivity index (χ4n) is 2.43. The third-order valence-corrected chi connectivity index (χ3v) is 3.72. The number of rotatable bonds is 3. The summed E-state index contributed by atoms with van der Waals surface area (Å²) >= 11 is 5.81. The first-order chi connectivity index (χ1) is 10.5. The molecule has 1 aromatic carbocycles. The van der Waals surface area contributed by atoms with Crippen molar-refractivity contribution in [3.63, 3.8) is 0 Å². The van der Waals surface area contributed by atoms with Gasteiger partial charge in [-0.25, -0.2) is 9.18 Å². The maximum absolute atomic E-state index is 13.3. The summed E-state index contributed by atoms with van der Waals surface area (Å²) in [6.07, 6.45) is 0. The van der Waals surface area contributed by atoms with Crippen LogP contribution in [0.2, 0.25) is 5.02 Å². The van der Waals surface area contributed by atoms with E-state index in [2.05, 4.69) is 0 Å². The average Bonchev–Trinajstić information content (AvgIpc) is 2.99. The summed E-state index contributed by atoms with van der Waals surface area (Å²) in [5, 5.41) is 0.0453. The molecular weight excluding hydrogens is 309 g/mol. The molecule has 22 heavy (non-hydrogen) atoms. The molecule has 0 unspecified atom stereocenters. The van der Waals surface area contributed by atoms with Crippen LogP contribution >= 0.6 is 11.6 Å². The number of fused-ring (bicyclic) bond motifs is 1. The highest BCUT2D eigenvalue weighted by Gasteiger charge is 2.19. The minimum atomic E-state index is -0.476. The Morgan fingerprint density at radius 3 is 2.82 bits per heavy atom. The molecule has 2 heterocycles. The number of ether oxygens (including phenoxy) is 1. The van der Waals surface area contributed by atoms with Crippen molar-refractivity contribution < 1.29 is 18.3 Å². The number of furan rings is 1. The standard InChI is InChI=1S/C16H13ClFNO3/c1-9-5-13-15(22-9)7-14(16(20)21-2)19(13)8-10-3-4-12(18)11(17)6-10/h3-7H,8H2,1-2H3. The number of nitrogens with zero attached hydrogens (tertiary/aromatic N) is 1. The van der Waals surface area contributed by atoms with Crippen LogP contribution in [0.25, 0.3) is 11.1 Å². The van der Waals surface area contributed by atoms with Gasteiger partial charge < -0.3 is 13.7 Å². The van der Waals surface area contributed by atoms with Crippen LogP contribution in [-0.4, -0.2) is 17.6 Å². The first-order valence-corrected chi connectivity index (χ1v) is 6.99. The van der Waals surface area contributed by atoms with Crippen molar-refractivity contribution in [3.8, 4) is 0 Å². The van der Waals surface area contributed by atoms with E-state index in [-0.39, 0.29) is 5.02 Å². The highest BCUT2D eigenvalue weighted by molar-refractivity contribution is 6.30. The number of carbonyl (C=O) groups is 1. The molecule has 0 bridgehead atoms. The molecule has 0 aliphatic carbocycles. The Balaban J connectivity index is 2.10. The number of esters is 1. The Bertz CT molecular complexity index is 866. The molecular formula is C16H13ClFNO3. The summed E-state index contributed by atoms with van der Waals surface area (Å²) in [6.45, 7) is 2.18. The lowest BCUT2D eigenvalue weighted by Gasteiger charge is -2.09. The summed E-state index contributed by atoms with van der Waals surface area (Å²) < 4.78 is 25.4. The van der Waals surface area contributed by atoms with Gasteiger partial charge in [-0.05, 0) is 24.6 Å². The molecule has 0 fully saturated rings. The van der Waals surface area contributed by atoms with Crippen molar-refractivity contribution in [2.24, 2.45) is 0 Å². The molecule has 4 nitrogen and oxygen atoms in total. The largest absolute Gasteiger partial charge is 0.464 e. The number of carbonyl (C=O) groups excluding carboxylic acids is 1. The lowest BCUT2D eigenvalue weighted by Crippen LogP contribution is -2.11. The van der Waals surface area contributed by atoms with E-state index in [1.165, 1.54) is 19.2 Å². The number of methoxy groups -OCH3 is 1. The number of halogens is 2. The predicted octanol–water partition coefficient (Wildman–Crippen LogP) is 4.17. The Kier molecular flexibility index (Phi) is 3.66. The summed E-state index contributed by atoms with van der Waals surface area (Å²) in [4.78, 5) is 11.9. The fourth-order valence-corrected chi connectivity index (χ4v) is 2.63. The van der Waals surface area contributed by atoms with Crippen LogP contribution in [0.3, 0.4) is 0 Å². The van der Waals surface area contributed by atoms with Gasteiger partial charge in [-0.15, -0.1) is 0 Å². The summed E-state index contributed by atoms with van der Waals surface area (Å²) in [7, 11) is 1.32. The first-order valence-electron chi connectivity index (χ1n) is 6.61. The Morgan fingerprint density at radius 1 is 1.36 bits per heavy atom. The third kappa shape index (κ3) is 2.48. The summed E-state index contributed by atoms with van der Waals surface area (Å²) in [5.41, 5.74) is 2.52. The Hall–Kier alpha value is -2.27. The van der Waals surface area contributed by atoms with E-state index in [0.29, 0.717) is 17.8 Å². The van der Waals surface area contributed by atoms with E-state index in [4.69, 9.17) is 20.8 Å². The fraction of sp³-hybridized carbons (Fsp3) is 0.188. The van der Waals surface area contributed by atoms with Gasteiger partial charge in [0.1, 0.15) is 17.3 Å².